The van der Waals surface area contributed by atoms with Crippen LogP contribution in [-0.2, 0) is 13.6 Å². The highest BCUT2D eigenvalue weighted by atomic mass is 16.5. The number of hydrogen-bond acceptors (Lipinski definition) is 5. The van der Waals surface area contributed by atoms with Crippen molar-refractivity contribution in [1.82, 2.24) is 14.1 Å². The van der Waals surface area contributed by atoms with Gasteiger partial charge in [-0.1, -0.05) is 12.1 Å². The Morgan fingerprint density at radius 1 is 1.20 bits per heavy atom. The van der Waals surface area contributed by atoms with Crippen molar-refractivity contribution >= 4 is 33.9 Å². The third-order valence-electron chi connectivity index (χ3n) is 5.96. The number of aliphatic hydroxyl groups is 1. The maximum atomic E-state index is 11.3. The molecule has 0 amide bonds. The molecular weight excluding hydrogens is 380 g/mol. The van der Waals surface area contributed by atoms with Crippen molar-refractivity contribution < 1.29 is 14.6 Å². The number of carbonyl (C=O) groups excluding carboxylic acids is 1. The Balaban J connectivity index is 1.72. The van der Waals surface area contributed by atoms with E-state index in [1.54, 1.807) is 19.2 Å². The molecule has 2 aromatic carbocycles. The van der Waals surface area contributed by atoms with Gasteiger partial charge in [-0.15, -0.1) is 0 Å². The lowest BCUT2D eigenvalue weighted by atomic mass is 10.1. The summed E-state index contributed by atoms with van der Waals surface area (Å²) in [6, 6.07) is 12.1. The minimum Gasteiger partial charge on any atom is -0.494 e. The van der Waals surface area contributed by atoms with Crippen LogP contribution in [0.2, 0.25) is 0 Å². The molecule has 2 aromatic heterocycles. The number of nitrogens with zero attached hydrogens (tertiary/aromatic N) is 4. The molecule has 0 aliphatic carbocycles. The molecule has 7 nitrogen and oxygen atoms in total. The van der Waals surface area contributed by atoms with Gasteiger partial charge >= 0.3 is 0 Å². The number of imidazole rings is 1. The Labute approximate surface area is 174 Å². The van der Waals surface area contributed by atoms with Gasteiger partial charge in [-0.3, -0.25) is 4.79 Å². The number of anilines is 1. The van der Waals surface area contributed by atoms with Gasteiger partial charge < -0.3 is 23.9 Å². The normalized spacial score (nSPS) is 13.4. The molecule has 0 radical (unpaired) electrons. The van der Waals surface area contributed by atoms with E-state index in [1.165, 1.54) is 16.6 Å². The van der Waals surface area contributed by atoms with Gasteiger partial charge in [-0.05, 0) is 30.7 Å². The summed E-state index contributed by atoms with van der Waals surface area (Å²) in [5.41, 5.74) is 5.60. The summed E-state index contributed by atoms with van der Waals surface area (Å²) >= 11 is 0. The van der Waals surface area contributed by atoms with Crippen LogP contribution in [0.1, 0.15) is 16.8 Å². The molecule has 1 aliphatic rings. The second kappa shape index (κ2) is 7.18. The topological polar surface area (TPSA) is 72.5 Å². The van der Waals surface area contributed by atoms with Crippen LogP contribution in [0.3, 0.4) is 0 Å². The fraction of sp³-hybridized carbons (Fsp3) is 0.304. The van der Waals surface area contributed by atoms with Crippen molar-refractivity contribution in [3.8, 4) is 17.3 Å². The second-order valence-electron chi connectivity index (χ2n) is 7.66. The smallest absolute Gasteiger partial charge is 0.157 e. The maximum Gasteiger partial charge on any atom is 0.157 e. The molecule has 1 N–H and O–H groups in total. The summed E-state index contributed by atoms with van der Waals surface area (Å²) in [6.45, 7) is 2.77. The van der Waals surface area contributed by atoms with Gasteiger partial charge in [0.25, 0.3) is 0 Å². The summed E-state index contributed by atoms with van der Waals surface area (Å²) in [4.78, 5) is 18.6. The van der Waals surface area contributed by atoms with Crippen LogP contribution >= 0.6 is 0 Å². The van der Waals surface area contributed by atoms with Gasteiger partial charge in [0, 0.05) is 44.2 Å². The Hall–Kier alpha value is -3.32. The molecule has 0 spiro atoms. The van der Waals surface area contributed by atoms with E-state index in [9.17, 15) is 9.90 Å². The van der Waals surface area contributed by atoms with Gasteiger partial charge in [0.15, 0.2) is 5.82 Å². The minimum atomic E-state index is 0.198. The number of carbonyl (C=O) groups is 1. The highest BCUT2D eigenvalue weighted by Gasteiger charge is 2.24. The fourth-order valence-corrected chi connectivity index (χ4v) is 4.60. The lowest BCUT2D eigenvalue weighted by Gasteiger charge is -2.31. The van der Waals surface area contributed by atoms with E-state index in [1.807, 2.05) is 11.6 Å². The quantitative estimate of drug-likeness (QED) is 0.500. The van der Waals surface area contributed by atoms with Crippen molar-refractivity contribution in [3.05, 3.63) is 42.0 Å². The Bertz CT molecular complexity index is 1270. The first-order valence-corrected chi connectivity index (χ1v) is 10.1. The molecule has 4 aromatic rings. The third-order valence-corrected chi connectivity index (χ3v) is 5.96. The molecule has 0 fully saturated rings. The van der Waals surface area contributed by atoms with E-state index in [-0.39, 0.29) is 6.61 Å². The lowest BCUT2D eigenvalue weighted by Crippen LogP contribution is -2.32. The Morgan fingerprint density at radius 3 is 2.83 bits per heavy atom. The molecule has 3 heterocycles. The monoisotopic (exact) mass is 404 g/mol. The molecular formula is C23H24N4O3. The van der Waals surface area contributed by atoms with Crippen LogP contribution in [0, 0.1) is 0 Å². The number of para-hydroxylation sites is 1. The number of fused-ring (bicyclic) bond motifs is 1. The van der Waals surface area contributed by atoms with Gasteiger partial charge in [0.05, 0.1) is 29.5 Å². The van der Waals surface area contributed by atoms with Crippen molar-refractivity contribution in [3.63, 3.8) is 0 Å². The summed E-state index contributed by atoms with van der Waals surface area (Å²) in [7, 11) is 3.59. The predicted octanol–water partition coefficient (Wildman–Crippen LogP) is 3.22. The molecule has 0 saturated heterocycles. The number of hydrogen-bond donors (Lipinski definition) is 1. The lowest BCUT2D eigenvalue weighted by molar-refractivity contribution is 0.112. The molecule has 30 heavy (non-hydrogen) atoms. The molecule has 0 atom stereocenters. The third kappa shape index (κ3) is 2.69. The summed E-state index contributed by atoms with van der Waals surface area (Å²) in [5, 5.41) is 10.4. The van der Waals surface area contributed by atoms with Crippen molar-refractivity contribution in [2.24, 2.45) is 7.05 Å². The number of methoxy groups -OCH3 is 1. The SMILES string of the molecule is COc1cc(C=O)cc2nc(-c3cc4cccc5c4n3CCN5CCCO)n(C)c12. The molecule has 1 aliphatic heterocycles. The van der Waals surface area contributed by atoms with Gasteiger partial charge in [-0.2, -0.15) is 0 Å². The highest BCUT2D eigenvalue weighted by Crippen LogP contribution is 2.38. The average molecular weight is 404 g/mol. The molecule has 0 bridgehead atoms. The van der Waals surface area contributed by atoms with E-state index >= 15 is 0 Å². The van der Waals surface area contributed by atoms with Crippen LogP contribution in [0.4, 0.5) is 5.69 Å². The van der Waals surface area contributed by atoms with E-state index in [4.69, 9.17) is 9.72 Å². The summed E-state index contributed by atoms with van der Waals surface area (Å²) < 4.78 is 9.91. The van der Waals surface area contributed by atoms with Gasteiger partial charge in [-0.25, -0.2) is 4.98 Å². The zero-order valence-corrected chi connectivity index (χ0v) is 17.1. The molecule has 0 unspecified atom stereocenters. The molecule has 154 valence electrons. The highest BCUT2D eigenvalue weighted by molar-refractivity contribution is 5.98. The summed E-state index contributed by atoms with van der Waals surface area (Å²) in [5.74, 6) is 1.48. The van der Waals surface area contributed by atoms with Crippen molar-refractivity contribution in [1.29, 1.82) is 0 Å². The Morgan fingerprint density at radius 2 is 2.07 bits per heavy atom. The predicted molar refractivity (Wildman–Crippen MR) is 118 cm³/mol. The first-order chi connectivity index (χ1) is 14.7. The largest absolute Gasteiger partial charge is 0.494 e. The van der Waals surface area contributed by atoms with Crippen LogP contribution in [0.5, 0.6) is 5.75 Å². The van der Waals surface area contributed by atoms with Crippen molar-refractivity contribution in [2.45, 2.75) is 13.0 Å². The van der Waals surface area contributed by atoms with E-state index < -0.39 is 0 Å². The number of benzene rings is 2. The van der Waals surface area contributed by atoms with E-state index in [0.29, 0.717) is 11.3 Å². The Kier molecular flexibility index (Phi) is 4.47. The fourth-order valence-electron chi connectivity index (χ4n) is 4.60. The van der Waals surface area contributed by atoms with E-state index in [0.717, 1.165) is 54.9 Å². The average Bonchev–Trinajstić information content (AvgIpc) is 3.31. The maximum absolute atomic E-state index is 11.3. The molecule has 7 heteroatoms. The van der Waals surface area contributed by atoms with Crippen LogP contribution in [-0.4, -0.2) is 52.3 Å². The van der Waals surface area contributed by atoms with Gasteiger partial charge in [0.1, 0.15) is 17.6 Å². The number of aliphatic hydroxyl groups excluding tert-OH is 1. The molecule has 5 rings (SSSR count). The number of ether oxygens (including phenoxy) is 1. The van der Waals surface area contributed by atoms with Crippen molar-refractivity contribution in [2.75, 3.05) is 31.7 Å². The minimum absolute atomic E-state index is 0.198. The first-order valence-electron chi connectivity index (χ1n) is 10.1. The second-order valence-corrected chi connectivity index (χ2v) is 7.66. The van der Waals surface area contributed by atoms with Gasteiger partial charge in [0.2, 0.25) is 0 Å². The first kappa shape index (κ1) is 18.7. The number of aryl methyl sites for hydroxylation is 1. The van der Waals surface area contributed by atoms with E-state index in [2.05, 4.69) is 33.7 Å². The molecule has 0 saturated carbocycles. The van der Waals surface area contributed by atoms with Crippen LogP contribution in [0.15, 0.2) is 36.4 Å². The number of aldehydes is 1. The number of aromatic nitrogens is 3. The zero-order valence-electron chi connectivity index (χ0n) is 17.1. The summed E-state index contributed by atoms with van der Waals surface area (Å²) in [6.07, 6.45) is 1.58. The number of rotatable bonds is 6. The standard InChI is InChI=1S/C23H24N4O3/c1-25-22-17(11-15(14-29)12-20(22)30-2)24-23(25)19-13-16-5-3-6-18-21(16)27(19)9-8-26(18)7-4-10-28/h3,5-6,11-14,28H,4,7-10H2,1-2H3. The van der Waals surface area contributed by atoms with Crippen LogP contribution in [0.25, 0.3) is 33.5 Å². The van der Waals surface area contributed by atoms with Crippen LogP contribution < -0.4 is 9.64 Å². The zero-order chi connectivity index (χ0) is 20.8.